The summed E-state index contributed by atoms with van der Waals surface area (Å²) in [5.74, 6) is 2.97. The molecule has 0 bridgehead atoms. The average molecular weight is 108 g/mol. The Hall–Kier alpha value is -0.260. The second-order valence-corrected chi connectivity index (χ2v) is 3.26. The van der Waals surface area contributed by atoms with Gasteiger partial charge >= 0.3 is 0 Å². The van der Waals surface area contributed by atoms with Crippen molar-refractivity contribution in [3.05, 3.63) is 12.2 Å². The molecule has 0 amide bonds. The highest BCUT2D eigenvalue weighted by Gasteiger charge is 2.37. The first-order chi connectivity index (χ1) is 3.86. The Kier molecular flexibility index (Phi) is 0.787. The fraction of sp³-hybridized carbons (Fsp3) is 0.750. The highest BCUT2D eigenvalue weighted by atomic mass is 14.4. The molecule has 0 radical (unpaired) electrons. The highest BCUT2D eigenvalue weighted by Crippen LogP contribution is 2.47. The predicted octanol–water partition coefficient (Wildman–Crippen LogP) is 2.22. The third kappa shape index (κ3) is 0.594. The van der Waals surface area contributed by atoms with Crippen molar-refractivity contribution in [2.24, 2.45) is 17.8 Å². The maximum absolute atomic E-state index is 2.40. The molecular formula is C8H12. The van der Waals surface area contributed by atoms with Gasteiger partial charge in [-0.25, -0.2) is 0 Å². The Bertz CT molecular complexity index is 124. The van der Waals surface area contributed by atoms with E-state index in [1.807, 2.05) is 0 Å². The second kappa shape index (κ2) is 1.37. The normalized spacial score (nSPS) is 50.9. The smallest absolute Gasteiger partial charge is 0.0202 e. The van der Waals surface area contributed by atoms with E-state index < -0.39 is 0 Å². The zero-order valence-corrected chi connectivity index (χ0v) is 5.30. The minimum Gasteiger partial charge on any atom is -0.0854 e. The third-order valence-electron chi connectivity index (χ3n) is 2.34. The van der Waals surface area contributed by atoms with Crippen molar-refractivity contribution in [2.45, 2.75) is 19.8 Å². The quantitative estimate of drug-likeness (QED) is 0.417. The van der Waals surface area contributed by atoms with Gasteiger partial charge in [0, 0.05) is 0 Å². The van der Waals surface area contributed by atoms with Gasteiger partial charge < -0.3 is 0 Å². The largest absolute Gasteiger partial charge is 0.0854 e. The van der Waals surface area contributed by atoms with Crippen LogP contribution in [-0.4, -0.2) is 0 Å². The lowest BCUT2D eigenvalue weighted by atomic mass is 9.98. The van der Waals surface area contributed by atoms with E-state index in [9.17, 15) is 0 Å². The first kappa shape index (κ1) is 4.60. The van der Waals surface area contributed by atoms with Crippen LogP contribution in [0.4, 0.5) is 0 Å². The summed E-state index contributed by atoms with van der Waals surface area (Å²) in [5.41, 5.74) is 0. The summed E-state index contributed by atoms with van der Waals surface area (Å²) >= 11 is 0. The van der Waals surface area contributed by atoms with Gasteiger partial charge in [0.2, 0.25) is 0 Å². The summed E-state index contributed by atoms with van der Waals surface area (Å²) in [5, 5.41) is 0. The van der Waals surface area contributed by atoms with Gasteiger partial charge in [-0.05, 0) is 30.6 Å². The fourth-order valence-electron chi connectivity index (χ4n) is 1.67. The van der Waals surface area contributed by atoms with Gasteiger partial charge in [0.1, 0.15) is 0 Å². The Morgan fingerprint density at radius 2 is 2.12 bits per heavy atom. The Balaban J connectivity index is 2.11. The van der Waals surface area contributed by atoms with Crippen LogP contribution in [0.3, 0.4) is 0 Å². The van der Waals surface area contributed by atoms with Crippen LogP contribution in [0.5, 0.6) is 0 Å². The molecule has 0 saturated heterocycles. The van der Waals surface area contributed by atoms with Crippen molar-refractivity contribution >= 4 is 0 Å². The van der Waals surface area contributed by atoms with Crippen molar-refractivity contribution in [3.63, 3.8) is 0 Å². The molecule has 44 valence electrons. The van der Waals surface area contributed by atoms with Crippen LogP contribution in [0.15, 0.2) is 12.2 Å². The summed E-state index contributed by atoms with van der Waals surface area (Å²) in [6, 6.07) is 0. The molecule has 2 aliphatic carbocycles. The highest BCUT2D eigenvalue weighted by molar-refractivity contribution is 5.08. The van der Waals surface area contributed by atoms with E-state index in [4.69, 9.17) is 0 Å². The molecule has 0 aromatic heterocycles. The van der Waals surface area contributed by atoms with Gasteiger partial charge in [-0.15, -0.1) is 0 Å². The van der Waals surface area contributed by atoms with Gasteiger partial charge in [0.25, 0.3) is 0 Å². The molecule has 1 unspecified atom stereocenters. The van der Waals surface area contributed by atoms with Crippen molar-refractivity contribution in [1.82, 2.24) is 0 Å². The Morgan fingerprint density at radius 3 is 2.75 bits per heavy atom. The Labute approximate surface area is 50.6 Å². The first-order valence-electron chi connectivity index (χ1n) is 3.54. The van der Waals surface area contributed by atoms with Crippen molar-refractivity contribution < 1.29 is 0 Å². The summed E-state index contributed by atoms with van der Waals surface area (Å²) in [6.45, 7) is 2.31. The number of allylic oxidation sites excluding steroid dienone is 2. The zero-order valence-electron chi connectivity index (χ0n) is 5.30. The maximum atomic E-state index is 2.40. The van der Waals surface area contributed by atoms with Crippen molar-refractivity contribution in [1.29, 1.82) is 0 Å². The van der Waals surface area contributed by atoms with Crippen LogP contribution < -0.4 is 0 Å². The molecule has 0 nitrogen and oxygen atoms in total. The van der Waals surface area contributed by atoms with Gasteiger partial charge in [-0.3, -0.25) is 0 Å². The fourth-order valence-corrected chi connectivity index (χ4v) is 1.67. The molecule has 3 atom stereocenters. The number of fused-ring (bicyclic) bond motifs is 1. The molecule has 0 heterocycles. The van der Waals surface area contributed by atoms with E-state index in [1.54, 1.807) is 0 Å². The minimum absolute atomic E-state index is 0.874. The summed E-state index contributed by atoms with van der Waals surface area (Å²) in [6.07, 6.45) is 7.72. The van der Waals surface area contributed by atoms with Crippen LogP contribution in [0.2, 0.25) is 0 Å². The van der Waals surface area contributed by atoms with Crippen LogP contribution in [0.25, 0.3) is 0 Å². The van der Waals surface area contributed by atoms with Gasteiger partial charge in [-0.2, -0.15) is 0 Å². The summed E-state index contributed by atoms with van der Waals surface area (Å²) in [4.78, 5) is 0. The van der Waals surface area contributed by atoms with E-state index in [-0.39, 0.29) is 0 Å². The molecule has 2 rings (SSSR count). The van der Waals surface area contributed by atoms with Crippen LogP contribution in [-0.2, 0) is 0 Å². The maximum Gasteiger partial charge on any atom is -0.0202 e. The number of hydrogen-bond donors (Lipinski definition) is 0. The lowest BCUT2D eigenvalue weighted by Gasteiger charge is -2.08. The summed E-state index contributed by atoms with van der Waals surface area (Å²) in [7, 11) is 0. The van der Waals surface area contributed by atoms with Crippen LogP contribution in [0.1, 0.15) is 19.8 Å². The molecule has 0 aromatic carbocycles. The lowest BCUT2D eigenvalue weighted by Crippen LogP contribution is -1.96. The van der Waals surface area contributed by atoms with E-state index in [0.717, 1.165) is 17.8 Å². The lowest BCUT2D eigenvalue weighted by molar-refractivity contribution is 0.552. The second-order valence-electron chi connectivity index (χ2n) is 3.26. The van der Waals surface area contributed by atoms with E-state index in [0.29, 0.717) is 0 Å². The van der Waals surface area contributed by atoms with Crippen molar-refractivity contribution in [3.8, 4) is 0 Å². The average Bonchev–Trinajstić information content (AvgIpc) is 2.43. The first-order valence-corrected chi connectivity index (χ1v) is 3.54. The molecule has 8 heavy (non-hydrogen) atoms. The number of hydrogen-bond acceptors (Lipinski definition) is 0. The molecule has 1 saturated carbocycles. The molecule has 0 aliphatic heterocycles. The topological polar surface area (TPSA) is 0 Å². The monoisotopic (exact) mass is 108 g/mol. The van der Waals surface area contributed by atoms with E-state index in [2.05, 4.69) is 19.1 Å². The molecule has 1 fully saturated rings. The third-order valence-corrected chi connectivity index (χ3v) is 2.34. The van der Waals surface area contributed by atoms with Gasteiger partial charge in [0.05, 0.1) is 0 Å². The number of rotatable bonds is 0. The predicted molar refractivity (Wildman–Crippen MR) is 34.5 cm³/mol. The van der Waals surface area contributed by atoms with E-state index in [1.165, 1.54) is 12.8 Å². The molecule has 0 N–H and O–H groups in total. The molecular weight excluding hydrogens is 96.1 g/mol. The van der Waals surface area contributed by atoms with E-state index >= 15 is 0 Å². The van der Waals surface area contributed by atoms with Crippen LogP contribution >= 0.6 is 0 Å². The summed E-state index contributed by atoms with van der Waals surface area (Å²) < 4.78 is 0. The molecule has 0 aromatic rings. The zero-order chi connectivity index (χ0) is 5.56. The molecule has 0 heteroatoms. The van der Waals surface area contributed by atoms with Gasteiger partial charge in [-0.1, -0.05) is 19.1 Å². The molecule has 2 aliphatic rings. The minimum atomic E-state index is 0.874. The Morgan fingerprint density at radius 1 is 1.25 bits per heavy atom. The van der Waals surface area contributed by atoms with Crippen LogP contribution in [0, 0.1) is 17.8 Å². The SMILES string of the molecule is CC1C=C[C@@H]2C[C@@H]2C1. The van der Waals surface area contributed by atoms with Gasteiger partial charge in [0.15, 0.2) is 0 Å². The van der Waals surface area contributed by atoms with Crippen molar-refractivity contribution in [2.75, 3.05) is 0 Å². The standard InChI is InChI=1S/C8H12/c1-6-2-3-7-5-8(7)4-6/h2-3,6-8H,4-5H2,1H3/t6?,7-,8+/m1/s1. The molecule has 0 spiro atoms.